The molecule has 1 unspecified atom stereocenters. The lowest BCUT2D eigenvalue weighted by Gasteiger charge is -2.22. The normalized spacial score (nSPS) is 12.9. The van der Waals surface area contributed by atoms with Crippen LogP contribution in [0.1, 0.15) is 47.2 Å². The number of nitrogens with zero attached hydrogens (tertiary/aromatic N) is 2. The summed E-state index contributed by atoms with van der Waals surface area (Å²) < 4.78 is 16.2. The first-order valence-corrected chi connectivity index (χ1v) is 8.14. The van der Waals surface area contributed by atoms with Gasteiger partial charge in [-0.25, -0.2) is 23.9 Å². The molecule has 1 atom stereocenters. The van der Waals surface area contributed by atoms with Crippen LogP contribution in [-0.2, 0) is 25.4 Å². The highest BCUT2D eigenvalue weighted by Crippen LogP contribution is 2.11. The number of alkyl carbamates (subject to hydrolysis) is 1. The highest BCUT2D eigenvalue weighted by Gasteiger charge is 2.26. The van der Waals surface area contributed by atoms with E-state index in [0.29, 0.717) is 5.69 Å². The summed E-state index contributed by atoms with van der Waals surface area (Å²) in [6.45, 7) is 10.4. The highest BCUT2D eigenvalue weighted by atomic mass is 16.6. The topological polar surface area (TPSA) is 109 Å². The molecule has 1 aromatic heterocycles. The van der Waals surface area contributed by atoms with Crippen molar-refractivity contribution in [3.8, 4) is 0 Å². The van der Waals surface area contributed by atoms with Gasteiger partial charge in [0.25, 0.3) is 0 Å². The van der Waals surface area contributed by atoms with Gasteiger partial charge in [0.2, 0.25) is 0 Å². The zero-order valence-corrected chi connectivity index (χ0v) is 16.3. The summed E-state index contributed by atoms with van der Waals surface area (Å²) in [5.74, 6) is -0.650. The second-order valence-electron chi connectivity index (χ2n) is 7.68. The number of nitrogens with one attached hydrogen (secondary N) is 1. The Labute approximate surface area is 153 Å². The molecule has 0 spiro atoms. The van der Waals surface area contributed by atoms with E-state index >= 15 is 0 Å². The molecular formula is C17H27N3O6. The number of aromatic nitrogens is 2. The van der Waals surface area contributed by atoms with Crippen LogP contribution >= 0.6 is 0 Å². The Hall–Kier alpha value is -2.58. The summed E-state index contributed by atoms with van der Waals surface area (Å²) in [5, 5.41) is 2.45. The molecule has 1 rings (SSSR count). The molecule has 0 bridgehead atoms. The minimum absolute atomic E-state index is 0.0295. The van der Waals surface area contributed by atoms with Crippen LogP contribution in [0.2, 0.25) is 0 Å². The molecule has 1 aromatic rings. The SMILES string of the molecule is COC(=O)C(Cc1cn(C(=O)OC(C)(C)C)cn1)NC(=O)OC(C)(C)C. The second kappa shape index (κ2) is 8.20. The van der Waals surface area contributed by atoms with Gasteiger partial charge in [-0.05, 0) is 41.5 Å². The van der Waals surface area contributed by atoms with Gasteiger partial charge in [0.05, 0.1) is 12.8 Å². The maximum Gasteiger partial charge on any atom is 0.419 e. The molecule has 0 aliphatic rings. The standard InChI is InChI=1S/C17H27N3O6/c1-16(2,3)25-14(22)19-12(13(21)24-7)8-11-9-20(10-18-11)15(23)26-17(4,5)6/h9-10,12H,8H2,1-7H3,(H,19,22). The van der Waals surface area contributed by atoms with Crippen molar-refractivity contribution in [2.45, 2.75) is 65.2 Å². The third-order valence-corrected chi connectivity index (χ3v) is 2.83. The lowest BCUT2D eigenvalue weighted by atomic mass is 10.1. The minimum atomic E-state index is -1.00. The Kier molecular flexibility index (Phi) is 6.77. The van der Waals surface area contributed by atoms with Gasteiger partial charge in [0, 0.05) is 12.6 Å². The Morgan fingerprint density at radius 1 is 1.12 bits per heavy atom. The van der Waals surface area contributed by atoms with Gasteiger partial charge in [-0.2, -0.15) is 0 Å². The van der Waals surface area contributed by atoms with Gasteiger partial charge < -0.3 is 19.5 Å². The lowest BCUT2D eigenvalue weighted by Crippen LogP contribution is -2.45. The van der Waals surface area contributed by atoms with Crippen molar-refractivity contribution in [1.29, 1.82) is 0 Å². The lowest BCUT2D eigenvalue weighted by molar-refractivity contribution is -0.143. The van der Waals surface area contributed by atoms with Crippen molar-refractivity contribution in [2.75, 3.05) is 7.11 Å². The molecule has 0 radical (unpaired) electrons. The van der Waals surface area contributed by atoms with Gasteiger partial charge in [-0.1, -0.05) is 0 Å². The van der Waals surface area contributed by atoms with E-state index in [0.717, 1.165) is 0 Å². The summed E-state index contributed by atoms with van der Waals surface area (Å²) >= 11 is 0. The first-order chi connectivity index (χ1) is 11.8. The number of amides is 1. The van der Waals surface area contributed by atoms with Crippen molar-refractivity contribution >= 4 is 18.2 Å². The van der Waals surface area contributed by atoms with Crippen LogP contribution in [0.5, 0.6) is 0 Å². The summed E-state index contributed by atoms with van der Waals surface area (Å²) in [6.07, 6.45) is 1.40. The quantitative estimate of drug-likeness (QED) is 0.640. The van der Waals surface area contributed by atoms with Crippen LogP contribution in [0.4, 0.5) is 9.59 Å². The van der Waals surface area contributed by atoms with E-state index in [1.54, 1.807) is 41.5 Å². The molecule has 0 fully saturated rings. The Bertz CT molecular complexity index is 654. The van der Waals surface area contributed by atoms with Crippen molar-refractivity contribution in [2.24, 2.45) is 0 Å². The number of rotatable bonds is 4. The molecule has 1 amide bonds. The predicted molar refractivity (Wildman–Crippen MR) is 92.7 cm³/mol. The molecule has 0 aliphatic carbocycles. The van der Waals surface area contributed by atoms with Crippen LogP contribution in [0.15, 0.2) is 12.5 Å². The van der Waals surface area contributed by atoms with E-state index in [1.165, 1.54) is 24.2 Å². The molecule has 0 aliphatic heterocycles. The van der Waals surface area contributed by atoms with Crippen LogP contribution in [0, 0.1) is 0 Å². The summed E-state index contributed by atoms with van der Waals surface area (Å²) in [6, 6.07) is -1.00. The van der Waals surface area contributed by atoms with E-state index in [9.17, 15) is 14.4 Å². The maximum atomic E-state index is 12.0. The van der Waals surface area contributed by atoms with Crippen molar-refractivity contribution in [1.82, 2.24) is 14.9 Å². The number of carbonyl (C=O) groups is 3. The van der Waals surface area contributed by atoms with Gasteiger partial charge in [0.15, 0.2) is 0 Å². The fourth-order valence-corrected chi connectivity index (χ4v) is 1.88. The van der Waals surface area contributed by atoms with E-state index in [-0.39, 0.29) is 6.42 Å². The Morgan fingerprint density at radius 3 is 2.19 bits per heavy atom. The highest BCUT2D eigenvalue weighted by molar-refractivity contribution is 5.81. The zero-order chi connectivity index (χ0) is 20.1. The number of carbonyl (C=O) groups excluding carboxylic acids is 3. The van der Waals surface area contributed by atoms with Crippen molar-refractivity contribution < 1.29 is 28.6 Å². The van der Waals surface area contributed by atoms with Gasteiger partial charge in [-0.3, -0.25) is 0 Å². The minimum Gasteiger partial charge on any atom is -0.467 e. The van der Waals surface area contributed by atoms with Gasteiger partial charge >= 0.3 is 18.2 Å². The Balaban J connectivity index is 2.82. The van der Waals surface area contributed by atoms with Crippen LogP contribution < -0.4 is 5.32 Å². The molecule has 9 nitrogen and oxygen atoms in total. The first kappa shape index (κ1) is 21.5. The van der Waals surface area contributed by atoms with E-state index in [4.69, 9.17) is 14.2 Å². The third kappa shape index (κ3) is 7.54. The van der Waals surface area contributed by atoms with E-state index in [2.05, 4.69) is 10.3 Å². The Morgan fingerprint density at radius 2 is 1.69 bits per heavy atom. The summed E-state index contributed by atoms with van der Waals surface area (Å²) in [4.78, 5) is 39.9. The summed E-state index contributed by atoms with van der Waals surface area (Å²) in [7, 11) is 1.21. The monoisotopic (exact) mass is 369 g/mol. The second-order valence-corrected chi connectivity index (χ2v) is 7.68. The largest absolute Gasteiger partial charge is 0.467 e. The predicted octanol–water partition coefficient (Wildman–Crippen LogP) is 2.28. The smallest absolute Gasteiger partial charge is 0.419 e. The average molecular weight is 369 g/mol. The van der Waals surface area contributed by atoms with E-state index in [1.807, 2.05) is 0 Å². The van der Waals surface area contributed by atoms with E-state index < -0.39 is 35.4 Å². The number of methoxy groups -OCH3 is 1. The third-order valence-electron chi connectivity index (χ3n) is 2.83. The maximum absolute atomic E-state index is 12.0. The fourth-order valence-electron chi connectivity index (χ4n) is 1.88. The molecule has 9 heteroatoms. The molecule has 1 heterocycles. The summed E-state index contributed by atoms with van der Waals surface area (Å²) in [5.41, 5.74) is -0.945. The number of imidazole rings is 1. The van der Waals surface area contributed by atoms with Crippen LogP contribution in [0.25, 0.3) is 0 Å². The fraction of sp³-hybridized carbons (Fsp3) is 0.647. The zero-order valence-electron chi connectivity index (χ0n) is 16.3. The number of esters is 1. The van der Waals surface area contributed by atoms with Crippen LogP contribution in [-0.4, -0.2) is 52.1 Å². The molecule has 0 saturated heterocycles. The molecule has 1 N–H and O–H groups in total. The number of hydrogen-bond acceptors (Lipinski definition) is 7. The molecule has 26 heavy (non-hydrogen) atoms. The molecular weight excluding hydrogens is 342 g/mol. The number of hydrogen-bond donors (Lipinski definition) is 1. The molecule has 0 saturated carbocycles. The van der Waals surface area contributed by atoms with Crippen LogP contribution in [0.3, 0.4) is 0 Å². The van der Waals surface area contributed by atoms with Gasteiger partial charge in [0.1, 0.15) is 23.6 Å². The average Bonchev–Trinajstić information content (AvgIpc) is 2.90. The first-order valence-electron chi connectivity index (χ1n) is 8.14. The molecule has 0 aromatic carbocycles. The van der Waals surface area contributed by atoms with Gasteiger partial charge in [-0.15, -0.1) is 0 Å². The van der Waals surface area contributed by atoms with Crippen molar-refractivity contribution in [3.05, 3.63) is 18.2 Å². The van der Waals surface area contributed by atoms with Crippen molar-refractivity contribution in [3.63, 3.8) is 0 Å². The number of ether oxygens (including phenoxy) is 3. The molecule has 146 valence electrons.